The zero-order chi connectivity index (χ0) is 12.4. The summed E-state index contributed by atoms with van der Waals surface area (Å²) in [4.78, 5) is 21.7. The molecule has 1 aromatic heterocycles. The Hall–Kier alpha value is -2.37. The predicted molar refractivity (Wildman–Crippen MR) is 58.8 cm³/mol. The third-order valence-electron chi connectivity index (χ3n) is 2.21. The van der Waals surface area contributed by atoms with Gasteiger partial charge in [-0.15, -0.1) is 0 Å². The molecule has 1 aromatic carbocycles. The predicted octanol–water partition coefficient (Wildman–Crippen LogP) is 2.52. The highest BCUT2D eigenvalue weighted by Crippen LogP contribution is 2.28. The molecule has 6 heteroatoms. The van der Waals surface area contributed by atoms with Crippen LogP contribution in [0.4, 0.5) is 5.69 Å². The number of carbonyl (C=O) groups is 1. The maximum absolute atomic E-state index is 11.4. The van der Waals surface area contributed by atoms with Gasteiger partial charge in [0.25, 0.3) is 5.69 Å². The number of carbonyl (C=O) groups excluding carboxylic acids is 1. The molecule has 0 saturated carbocycles. The second-order valence-corrected chi connectivity index (χ2v) is 3.28. The minimum Gasteiger partial charge on any atom is -0.460 e. The van der Waals surface area contributed by atoms with E-state index in [4.69, 9.17) is 9.15 Å². The Morgan fingerprint density at radius 2 is 2.29 bits per heavy atom. The molecule has 17 heavy (non-hydrogen) atoms. The molecule has 0 atom stereocenters. The van der Waals surface area contributed by atoms with Crippen LogP contribution >= 0.6 is 0 Å². The summed E-state index contributed by atoms with van der Waals surface area (Å²) in [6.45, 7) is 1.89. The first kappa shape index (κ1) is 11.1. The van der Waals surface area contributed by atoms with Crippen LogP contribution in [0.1, 0.15) is 17.5 Å². The van der Waals surface area contributed by atoms with Crippen molar-refractivity contribution in [2.24, 2.45) is 0 Å². The average molecular weight is 235 g/mol. The number of nitro benzene ring substituents is 1. The van der Waals surface area contributed by atoms with E-state index in [1.807, 2.05) is 0 Å². The lowest BCUT2D eigenvalue weighted by molar-refractivity contribution is -0.383. The first-order valence-corrected chi connectivity index (χ1v) is 4.97. The summed E-state index contributed by atoms with van der Waals surface area (Å²) in [6, 6.07) is 5.74. The molecular formula is C11H9NO5. The number of ether oxygens (including phenoxy) is 1. The third kappa shape index (κ3) is 1.96. The van der Waals surface area contributed by atoms with Crippen molar-refractivity contribution in [3.05, 3.63) is 40.1 Å². The zero-order valence-electron chi connectivity index (χ0n) is 9.00. The second-order valence-electron chi connectivity index (χ2n) is 3.28. The summed E-state index contributed by atoms with van der Waals surface area (Å²) in [6.07, 6.45) is 0. The van der Waals surface area contributed by atoms with E-state index in [0.29, 0.717) is 11.0 Å². The number of nitro groups is 1. The lowest BCUT2D eigenvalue weighted by atomic mass is 10.2. The minimum atomic E-state index is -0.627. The normalized spacial score (nSPS) is 10.4. The standard InChI is InChI=1S/C11H9NO5/c1-2-16-11(13)10-6-7-8(12(14)15)4-3-5-9(7)17-10/h3-6H,2H2,1H3. The smallest absolute Gasteiger partial charge is 0.374 e. The average Bonchev–Trinajstić information content (AvgIpc) is 2.72. The summed E-state index contributed by atoms with van der Waals surface area (Å²) in [5.74, 6) is -0.658. The lowest BCUT2D eigenvalue weighted by Crippen LogP contribution is -2.02. The molecule has 88 valence electrons. The molecule has 0 fully saturated rings. The van der Waals surface area contributed by atoms with E-state index < -0.39 is 10.9 Å². The van der Waals surface area contributed by atoms with Gasteiger partial charge in [0, 0.05) is 12.1 Å². The van der Waals surface area contributed by atoms with Gasteiger partial charge >= 0.3 is 5.97 Å². The van der Waals surface area contributed by atoms with Crippen LogP contribution in [0.3, 0.4) is 0 Å². The number of furan rings is 1. The van der Waals surface area contributed by atoms with Gasteiger partial charge in [-0.25, -0.2) is 4.79 Å². The van der Waals surface area contributed by atoms with E-state index in [2.05, 4.69) is 0 Å². The molecule has 0 aliphatic heterocycles. The molecule has 0 aliphatic carbocycles. The highest BCUT2D eigenvalue weighted by Gasteiger charge is 2.19. The molecule has 0 saturated heterocycles. The highest BCUT2D eigenvalue weighted by atomic mass is 16.6. The minimum absolute atomic E-state index is 0.0313. The number of hydrogen-bond acceptors (Lipinski definition) is 5. The fourth-order valence-electron chi connectivity index (χ4n) is 1.51. The number of rotatable bonds is 3. The quantitative estimate of drug-likeness (QED) is 0.463. The topological polar surface area (TPSA) is 82.6 Å². The molecule has 0 bridgehead atoms. The maximum atomic E-state index is 11.4. The molecule has 0 radical (unpaired) electrons. The Morgan fingerprint density at radius 3 is 2.94 bits per heavy atom. The van der Waals surface area contributed by atoms with Gasteiger partial charge in [-0.3, -0.25) is 10.1 Å². The fraction of sp³-hybridized carbons (Fsp3) is 0.182. The van der Waals surface area contributed by atoms with Crippen molar-refractivity contribution in [1.82, 2.24) is 0 Å². The summed E-state index contributed by atoms with van der Waals surface area (Å²) in [5, 5.41) is 11.1. The fourth-order valence-corrected chi connectivity index (χ4v) is 1.51. The SMILES string of the molecule is CCOC(=O)c1cc2c([N+](=O)[O-])cccc2o1. The first-order chi connectivity index (χ1) is 8.13. The van der Waals surface area contributed by atoms with Gasteiger partial charge in [0.1, 0.15) is 5.58 Å². The van der Waals surface area contributed by atoms with Gasteiger partial charge in [-0.05, 0) is 13.0 Å². The van der Waals surface area contributed by atoms with Crippen molar-refractivity contribution in [3.8, 4) is 0 Å². The Morgan fingerprint density at radius 1 is 1.53 bits per heavy atom. The molecule has 0 N–H and O–H groups in total. The van der Waals surface area contributed by atoms with Gasteiger partial charge in [0.2, 0.25) is 5.76 Å². The molecule has 0 aliphatic rings. The van der Waals surface area contributed by atoms with E-state index in [0.717, 1.165) is 0 Å². The summed E-state index contributed by atoms with van der Waals surface area (Å²) in [7, 11) is 0. The molecular weight excluding hydrogens is 226 g/mol. The van der Waals surface area contributed by atoms with Crippen LogP contribution in [-0.2, 0) is 4.74 Å². The van der Waals surface area contributed by atoms with Crippen LogP contribution in [0.25, 0.3) is 11.0 Å². The maximum Gasteiger partial charge on any atom is 0.374 e. The molecule has 1 heterocycles. The molecule has 0 amide bonds. The van der Waals surface area contributed by atoms with Crippen LogP contribution in [0, 0.1) is 10.1 Å². The summed E-state index contributed by atoms with van der Waals surface area (Å²) in [5.41, 5.74) is 0.198. The van der Waals surface area contributed by atoms with Crippen LogP contribution in [0.2, 0.25) is 0 Å². The number of nitrogens with zero attached hydrogens (tertiary/aromatic N) is 1. The van der Waals surface area contributed by atoms with Crippen molar-refractivity contribution >= 4 is 22.6 Å². The zero-order valence-corrected chi connectivity index (χ0v) is 9.00. The Labute approximate surface area is 95.9 Å². The van der Waals surface area contributed by atoms with Crippen molar-refractivity contribution in [2.45, 2.75) is 6.92 Å². The Balaban J connectivity index is 2.54. The first-order valence-electron chi connectivity index (χ1n) is 4.97. The van der Waals surface area contributed by atoms with E-state index in [9.17, 15) is 14.9 Å². The van der Waals surface area contributed by atoms with Crippen LogP contribution in [-0.4, -0.2) is 17.5 Å². The van der Waals surface area contributed by atoms with Crippen molar-refractivity contribution in [1.29, 1.82) is 0 Å². The van der Waals surface area contributed by atoms with E-state index in [1.54, 1.807) is 13.0 Å². The van der Waals surface area contributed by atoms with E-state index in [-0.39, 0.29) is 18.1 Å². The number of hydrogen-bond donors (Lipinski definition) is 0. The Kier molecular flexibility index (Phi) is 2.78. The number of benzene rings is 1. The molecule has 6 nitrogen and oxygen atoms in total. The highest BCUT2D eigenvalue weighted by molar-refractivity contribution is 5.96. The van der Waals surface area contributed by atoms with E-state index in [1.165, 1.54) is 18.2 Å². The van der Waals surface area contributed by atoms with Crippen molar-refractivity contribution in [3.63, 3.8) is 0 Å². The second kappa shape index (κ2) is 4.25. The molecule has 2 rings (SSSR count). The largest absolute Gasteiger partial charge is 0.460 e. The van der Waals surface area contributed by atoms with Crippen molar-refractivity contribution < 1.29 is 18.9 Å². The third-order valence-corrected chi connectivity index (χ3v) is 2.21. The van der Waals surface area contributed by atoms with Crippen molar-refractivity contribution in [2.75, 3.05) is 6.61 Å². The van der Waals surface area contributed by atoms with Gasteiger partial charge < -0.3 is 9.15 Å². The van der Waals surface area contributed by atoms with Crippen LogP contribution in [0.5, 0.6) is 0 Å². The number of esters is 1. The van der Waals surface area contributed by atoms with Crippen LogP contribution in [0.15, 0.2) is 28.7 Å². The lowest BCUT2D eigenvalue weighted by Gasteiger charge is -1.95. The summed E-state index contributed by atoms with van der Waals surface area (Å²) >= 11 is 0. The summed E-state index contributed by atoms with van der Waals surface area (Å²) < 4.78 is 9.95. The van der Waals surface area contributed by atoms with Gasteiger partial charge in [0.15, 0.2) is 0 Å². The molecule has 2 aromatic rings. The van der Waals surface area contributed by atoms with Gasteiger partial charge in [-0.1, -0.05) is 6.07 Å². The number of non-ortho nitro benzene ring substituents is 1. The van der Waals surface area contributed by atoms with Gasteiger partial charge in [0.05, 0.1) is 16.9 Å². The number of fused-ring (bicyclic) bond motifs is 1. The molecule has 0 unspecified atom stereocenters. The molecule has 0 spiro atoms. The van der Waals surface area contributed by atoms with Gasteiger partial charge in [-0.2, -0.15) is 0 Å². The monoisotopic (exact) mass is 235 g/mol. The Bertz CT molecular complexity index is 587. The van der Waals surface area contributed by atoms with E-state index >= 15 is 0 Å². The van der Waals surface area contributed by atoms with Crippen LogP contribution < -0.4 is 0 Å².